The van der Waals surface area contributed by atoms with E-state index in [1.54, 1.807) is 12.0 Å². The van der Waals surface area contributed by atoms with Crippen LogP contribution < -0.4 is 10.1 Å². The minimum Gasteiger partial charge on any atom is -0.489 e. The van der Waals surface area contributed by atoms with E-state index in [0.29, 0.717) is 30.7 Å². The first kappa shape index (κ1) is 21.4. The quantitative estimate of drug-likeness (QED) is 0.702. The van der Waals surface area contributed by atoms with Gasteiger partial charge in [0.25, 0.3) is 5.91 Å². The van der Waals surface area contributed by atoms with Crippen LogP contribution in [0.25, 0.3) is 0 Å². The van der Waals surface area contributed by atoms with E-state index in [1.807, 2.05) is 18.2 Å². The lowest BCUT2D eigenvalue weighted by molar-refractivity contribution is -0.136. The molecule has 4 aliphatic rings. The Morgan fingerprint density at radius 2 is 1.84 bits per heavy atom. The van der Waals surface area contributed by atoms with Crippen molar-refractivity contribution in [1.29, 1.82) is 0 Å². The number of amides is 3. The first-order valence-electron chi connectivity index (χ1n) is 11.7. The van der Waals surface area contributed by atoms with Gasteiger partial charge in [-0.05, 0) is 62.3 Å². The molecular formula is C24H31N3O5. The van der Waals surface area contributed by atoms with Gasteiger partial charge in [-0.3, -0.25) is 24.6 Å². The van der Waals surface area contributed by atoms with Gasteiger partial charge in [0.15, 0.2) is 0 Å². The summed E-state index contributed by atoms with van der Waals surface area (Å²) in [6.07, 6.45) is 6.62. The first-order valence-corrected chi connectivity index (χ1v) is 11.7. The molecule has 1 saturated carbocycles. The summed E-state index contributed by atoms with van der Waals surface area (Å²) in [7, 11) is 1.79. The predicted octanol–water partition coefficient (Wildman–Crippen LogP) is 1.86. The van der Waals surface area contributed by atoms with E-state index >= 15 is 0 Å². The molecular weight excluding hydrogens is 410 g/mol. The summed E-state index contributed by atoms with van der Waals surface area (Å²) in [5.74, 6) is -0.0280. The standard InChI is InChI=1S/C24H31N3O5/c1-31-16-9-11-26(12-10-16)19-3-2-4-21(19)32-17-5-6-18-15(13-17)14-27(24(18)30)20-7-8-22(28)25-23(20)29/h5-6,13,16,19-21H,2-4,7-12,14H2,1H3,(H,25,28,29)/t19-,20?,21+/m0/s1. The van der Waals surface area contributed by atoms with Crippen LogP contribution in [0.3, 0.4) is 0 Å². The zero-order valence-electron chi connectivity index (χ0n) is 18.5. The number of nitrogens with one attached hydrogen (secondary N) is 1. The summed E-state index contributed by atoms with van der Waals surface area (Å²) in [5, 5.41) is 2.35. The maximum atomic E-state index is 12.9. The lowest BCUT2D eigenvalue weighted by Crippen LogP contribution is -2.52. The molecule has 0 radical (unpaired) electrons. The molecule has 3 heterocycles. The number of imide groups is 1. The molecule has 8 nitrogen and oxygen atoms in total. The minimum absolute atomic E-state index is 0.149. The summed E-state index contributed by atoms with van der Waals surface area (Å²) in [6.45, 7) is 2.46. The second kappa shape index (κ2) is 8.83. The lowest BCUT2D eigenvalue weighted by Gasteiger charge is -2.38. The van der Waals surface area contributed by atoms with Crippen molar-refractivity contribution in [2.75, 3.05) is 20.2 Å². The Hall–Kier alpha value is -2.45. The van der Waals surface area contributed by atoms with Gasteiger partial charge in [-0.2, -0.15) is 0 Å². The Labute approximate surface area is 188 Å². The number of carbonyl (C=O) groups excluding carboxylic acids is 3. The van der Waals surface area contributed by atoms with Crippen molar-refractivity contribution in [3.05, 3.63) is 29.3 Å². The molecule has 3 atom stereocenters. The van der Waals surface area contributed by atoms with Crippen molar-refractivity contribution in [1.82, 2.24) is 15.1 Å². The van der Waals surface area contributed by atoms with Crippen molar-refractivity contribution in [3.8, 4) is 5.75 Å². The van der Waals surface area contributed by atoms with Crippen LogP contribution in [0.1, 0.15) is 60.9 Å². The largest absolute Gasteiger partial charge is 0.489 e. The highest BCUT2D eigenvalue weighted by Crippen LogP contribution is 2.34. The van der Waals surface area contributed by atoms with Crippen molar-refractivity contribution in [2.24, 2.45) is 0 Å². The van der Waals surface area contributed by atoms with Crippen LogP contribution in [0, 0.1) is 0 Å². The molecule has 172 valence electrons. The fourth-order valence-electron chi connectivity index (χ4n) is 5.70. The van der Waals surface area contributed by atoms with Crippen LogP contribution in [-0.4, -0.2) is 72.0 Å². The number of nitrogens with zero attached hydrogens (tertiary/aromatic N) is 2. The normalized spacial score (nSPS) is 29.3. The zero-order valence-corrected chi connectivity index (χ0v) is 18.5. The Bertz CT molecular complexity index is 911. The maximum absolute atomic E-state index is 12.9. The smallest absolute Gasteiger partial charge is 0.255 e. The van der Waals surface area contributed by atoms with E-state index in [4.69, 9.17) is 9.47 Å². The summed E-state index contributed by atoms with van der Waals surface area (Å²) < 4.78 is 12.0. The first-order chi connectivity index (χ1) is 15.5. The Morgan fingerprint density at radius 3 is 2.59 bits per heavy atom. The van der Waals surface area contributed by atoms with Gasteiger partial charge in [0, 0.05) is 44.8 Å². The molecule has 1 unspecified atom stereocenters. The fraction of sp³-hybridized carbons (Fsp3) is 0.625. The Morgan fingerprint density at radius 1 is 1.03 bits per heavy atom. The zero-order chi connectivity index (χ0) is 22.2. The molecule has 1 aliphatic carbocycles. The van der Waals surface area contributed by atoms with Gasteiger partial charge < -0.3 is 14.4 Å². The van der Waals surface area contributed by atoms with Crippen LogP contribution in [0.2, 0.25) is 0 Å². The second-order valence-corrected chi connectivity index (χ2v) is 9.34. The molecule has 0 spiro atoms. The van der Waals surface area contributed by atoms with Crippen LogP contribution in [-0.2, 0) is 20.9 Å². The number of ether oxygens (including phenoxy) is 2. The molecule has 3 amide bonds. The summed E-state index contributed by atoms with van der Waals surface area (Å²) >= 11 is 0. The summed E-state index contributed by atoms with van der Waals surface area (Å²) in [6, 6.07) is 5.46. The van der Waals surface area contributed by atoms with Crippen LogP contribution >= 0.6 is 0 Å². The number of hydrogen-bond donors (Lipinski definition) is 1. The minimum atomic E-state index is -0.591. The van der Waals surface area contributed by atoms with E-state index in [2.05, 4.69) is 10.2 Å². The highest BCUT2D eigenvalue weighted by atomic mass is 16.5. The number of carbonyl (C=O) groups is 3. The summed E-state index contributed by atoms with van der Waals surface area (Å²) in [5.41, 5.74) is 1.50. The van der Waals surface area contributed by atoms with E-state index in [-0.39, 0.29) is 30.2 Å². The number of fused-ring (bicyclic) bond motifs is 1. The van der Waals surface area contributed by atoms with Crippen molar-refractivity contribution >= 4 is 17.7 Å². The second-order valence-electron chi connectivity index (χ2n) is 9.34. The van der Waals surface area contributed by atoms with Crippen molar-refractivity contribution in [2.45, 2.75) is 75.8 Å². The van der Waals surface area contributed by atoms with Crippen LogP contribution in [0.4, 0.5) is 0 Å². The van der Waals surface area contributed by atoms with E-state index < -0.39 is 6.04 Å². The lowest BCUT2D eigenvalue weighted by atomic mass is 10.0. The Balaban J connectivity index is 1.25. The highest BCUT2D eigenvalue weighted by Gasteiger charge is 2.40. The molecule has 32 heavy (non-hydrogen) atoms. The van der Waals surface area contributed by atoms with Gasteiger partial charge in [-0.15, -0.1) is 0 Å². The molecule has 1 N–H and O–H groups in total. The van der Waals surface area contributed by atoms with Gasteiger partial charge in [-0.1, -0.05) is 0 Å². The van der Waals surface area contributed by atoms with Gasteiger partial charge in [0.05, 0.1) is 6.10 Å². The number of benzene rings is 1. The topological polar surface area (TPSA) is 88.2 Å². The fourth-order valence-corrected chi connectivity index (χ4v) is 5.70. The molecule has 8 heteroatoms. The third-order valence-corrected chi connectivity index (χ3v) is 7.48. The van der Waals surface area contributed by atoms with Gasteiger partial charge in [0.2, 0.25) is 11.8 Å². The number of rotatable bonds is 5. The Kier molecular flexibility index (Phi) is 5.90. The van der Waals surface area contributed by atoms with E-state index in [9.17, 15) is 14.4 Å². The van der Waals surface area contributed by atoms with E-state index in [1.165, 1.54) is 0 Å². The van der Waals surface area contributed by atoms with Crippen molar-refractivity contribution < 1.29 is 23.9 Å². The molecule has 2 saturated heterocycles. The van der Waals surface area contributed by atoms with Gasteiger partial charge in [-0.25, -0.2) is 0 Å². The number of likely N-dealkylation sites (tertiary alicyclic amines) is 1. The van der Waals surface area contributed by atoms with Gasteiger partial charge in [0.1, 0.15) is 17.9 Å². The third-order valence-electron chi connectivity index (χ3n) is 7.48. The number of methoxy groups -OCH3 is 1. The molecule has 1 aromatic rings. The molecule has 0 bridgehead atoms. The molecule has 3 fully saturated rings. The number of piperidine rings is 2. The number of hydrogen-bond acceptors (Lipinski definition) is 6. The third kappa shape index (κ3) is 4.01. The highest BCUT2D eigenvalue weighted by molar-refractivity contribution is 6.05. The van der Waals surface area contributed by atoms with Gasteiger partial charge >= 0.3 is 0 Å². The molecule has 1 aromatic carbocycles. The van der Waals surface area contributed by atoms with Crippen LogP contribution in [0.5, 0.6) is 5.75 Å². The molecule has 3 aliphatic heterocycles. The monoisotopic (exact) mass is 441 g/mol. The van der Waals surface area contributed by atoms with E-state index in [0.717, 1.165) is 56.5 Å². The average Bonchev–Trinajstić information content (AvgIpc) is 3.38. The predicted molar refractivity (Wildman–Crippen MR) is 116 cm³/mol. The molecule has 0 aromatic heterocycles. The SMILES string of the molecule is COC1CCN([C@H]2CCC[C@H]2Oc2ccc3c(c2)CN(C2CCC(=O)NC2=O)C3=O)CC1. The van der Waals surface area contributed by atoms with Crippen LogP contribution in [0.15, 0.2) is 18.2 Å². The summed E-state index contributed by atoms with van der Waals surface area (Å²) in [4.78, 5) is 40.7. The average molecular weight is 442 g/mol. The molecule has 5 rings (SSSR count). The van der Waals surface area contributed by atoms with Crippen molar-refractivity contribution in [3.63, 3.8) is 0 Å². The maximum Gasteiger partial charge on any atom is 0.255 e.